The summed E-state index contributed by atoms with van der Waals surface area (Å²) in [6.45, 7) is 7.17. The van der Waals surface area contributed by atoms with Crippen LogP contribution in [0, 0.1) is 0 Å². The highest BCUT2D eigenvalue weighted by molar-refractivity contribution is 8.01. The van der Waals surface area contributed by atoms with E-state index in [-0.39, 0.29) is 60.1 Å². The third-order valence-corrected chi connectivity index (χ3v) is 11.7. The number of unbranched alkanes of at least 4 members (excludes halogenated alkanes) is 1. The van der Waals surface area contributed by atoms with Gasteiger partial charge in [0, 0.05) is 52.0 Å². The molecular formula is C45H48N4O15S. The zero-order chi connectivity index (χ0) is 47.7. The highest BCUT2D eigenvalue weighted by Crippen LogP contribution is 2.51. The van der Waals surface area contributed by atoms with Crippen LogP contribution in [0.1, 0.15) is 93.0 Å². The molecule has 3 aromatic rings. The van der Waals surface area contributed by atoms with Crippen LogP contribution in [0.15, 0.2) is 66.7 Å². The molecule has 0 radical (unpaired) electrons. The molecule has 3 N–H and O–H groups in total. The quantitative estimate of drug-likeness (QED) is 0.0674. The Morgan fingerprint density at radius 3 is 1.86 bits per heavy atom. The van der Waals surface area contributed by atoms with Crippen molar-refractivity contribution in [2.45, 2.75) is 88.9 Å². The van der Waals surface area contributed by atoms with E-state index in [1.54, 1.807) is 44.2 Å². The molecule has 0 saturated carbocycles. The Bertz CT molecular complexity index is 2400. The van der Waals surface area contributed by atoms with E-state index in [4.69, 9.17) is 18.9 Å². The van der Waals surface area contributed by atoms with Crippen LogP contribution in [-0.2, 0) is 38.4 Å². The Balaban J connectivity index is 1.36. The lowest BCUT2D eigenvalue weighted by Crippen LogP contribution is -2.70. The summed E-state index contributed by atoms with van der Waals surface area (Å²) in [5, 5.41) is 14.6. The van der Waals surface area contributed by atoms with Crippen LogP contribution in [0.3, 0.4) is 0 Å². The highest BCUT2D eigenvalue weighted by Gasteiger charge is 2.64. The number of carboxylic acid groups (broad SMARTS) is 1. The van der Waals surface area contributed by atoms with Crippen molar-refractivity contribution in [2.75, 3.05) is 19.6 Å². The Labute approximate surface area is 377 Å². The molecule has 4 atom stereocenters. The van der Waals surface area contributed by atoms with E-state index in [0.717, 1.165) is 32.6 Å². The zero-order valence-electron chi connectivity index (χ0n) is 36.4. The minimum Gasteiger partial charge on any atom is -0.480 e. The minimum absolute atomic E-state index is 0.0178. The smallest absolute Gasteiger partial charge is 0.327 e. The first-order valence-electron chi connectivity index (χ1n) is 20.4. The molecular weight excluding hydrogens is 869 g/mol. The summed E-state index contributed by atoms with van der Waals surface area (Å²) in [5.41, 5.74) is 0.103. The SMILES string of the molecule is CC(=O)Oc1cccc(C(=O)NCCCCN(CC(=O)C[C@@H](C(=O)N[C@@H]2C(=O)N3C2SC(C)(C)[C@@H]3C(=O)O)c2ccccc2)C(=O)c2cccc(OC(C)=O)c2OC(C)=O)c1OC(C)=O. The molecule has 2 aliphatic rings. The third kappa shape index (κ3) is 11.9. The van der Waals surface area contributed by atoms with Crippen molar-refractivity contribution in [1.29, 1.82) is 0 Å². The van der Waals surface area contributed by atoms with Gasteiger partial charge in [0.1, 0.15) is 17.5 Å². The number of carbonyl (C=O) groups excluding carboxylic acids is 9. The monoisotopic (exact) mass is 916 g/mol. The number of amides is 4. The number of esters is 4. The van der Waals surface area contributed by atoms with Crippen LogP contribution in [0.25, 0.3) is 0 Å². The predicted molar refractivity (Wildman–Crippen MR) is 230 cm³/mol. The molecule has 2 heterocycles. The normalized spacial score (nSPS) is 17.3. The first kappa shape index (κ1) is 48.9. The van der Waals surface area contributed by atoms with Gasteiger partial charge in [-0.15, -0.1) is 11.8 Å². The molecule has 20 heteroatoms. The van der Waals surface area contributed by atoms with Crippen molar-refractivity contribution in [3.63, 3.8) is 0 Å². The Hall–Kier alpha value is -7.09. The molecule has 19 nitrogen and oxygen atoms in total. The number of benzene rings is 3. The molecule has 4 amide bonds. The lowest BCUT2D eigenvalue weighted by atomic mass is 9.91. The summed E-state index contributed by atoms with van der Waals surface area (Å²) < 4.78 is 20.0. The molecule has 3 aromatic carbocycles. The second-order valence-corrected chi connectivity index (χ2v) is 17.4. The number of carboxylic acids is 1. The van der Waals surface area contributed by atoms with Gasteiger partial charge in [-0.2, -0.15) is 0 Å². The largest absolute Gasteiger partial charge is 0.480 e. The summed E-state index contributed by atoms with van der Waals surface area (Å²) in [7, 11) is 0. The van der Waals surface area contributed by atoms with E-state index in [2.05, 4.69) is 10.6 Å². The number of ether oxygens (including phenoxy) is 4. The fourth-order valence-electron chi connectivity index (χ4n) is 7.45. The zero-order valence-corrected chi connectivity index (χ0v) is 37.2. The first-order valence-corrected chi connectivity index (χ1v) is 21.2. The first-order chi connectivity index (χ1) is 30.7. The highest BCUT2D eigenvalue weighted by atomic mass is 32.2. The maximum atomic E-state index is 14.4. The number of hydrogen-bond acceptors (Lipinski definition) is 15. The molecule has 2 fully saturated rings. The number of nitrogens with one attached hydrogen (secondary N) is 2. The number of Topliss-reactive ketones (excluding diaryl/α,β-unsaturated/α-hetero) is 1. The van der Waals surface area contributed by atoms with Gasteiger partial charge in [0.05, 0.1) is 23.6 Å². The van der Waals surface area contributed by atoms with Gasteiger partial charge in [-0.25, -0.2) is 4.79 Å². The molecule has 0 spiro atoms. The van der Waals surface area contributed by atoms with E-state index in [9.17, 15) is 53.1 Å². The van der Waals surface area contributed by atoms with Crippen molar-refractivity contribution in [3.05, 3.63) is 83.4 Å². The molecule has 0 aliphatic carbocycles. The summed E-state index contributed by atoms with van der Waals surface area (Å²) in [4.78, 5) is 131. The summed E-state index contributed by atoms with van der Waals surface area (Å²) >= 11 is 1.25. The molecule has 1 unspecified atom stereocenters. The van der Waals surface area contributed by atoms with E-state index in [1.807, 2.05) is 0 Å². The number of carbonyl (C=O) groups is 10. The van der Waals surface area contributed by atoms with Gasteiger partial charge < -0.3 is 44.5 Å². The average Bonchev–Trinajstić information content (AvgIpc) is 3.49. The summed E-state index contributed by atoms with van der Waals surface area (Å²) in [6.07, 6.45) is -0.0464. The maximum absolute atomic E-state index is 14.4. The van der Waals surface area contributed by atoms with E-state index in [1.165, 1.54) is 53.1 Å². The number of hydrogen-bond donors (Lipinski definition) is 3. The number of β-lactam (4-membered cyclic amide) rings is 1. The van der Waals surface area contributed by atoms with Crippen molar-refractivity contribution in [2.24, 2.45) is 0 Å². The fraction of sp³-hybridized carbons (Fsp3) is 0.378. The number of aliphatic carboxylic acids is 1. The van der Waals surface area contributed by atoms with Crippen molar-refractivity contribution >= 4 is 71.0 Å². The second-order valence-electron chi connectivity index (χ2n) is 15.6. The topological polar surface area (TPSA) is 258 Å². The molecule has 2 saturated heterocycles. The maximum Gasteiger partial charge on any atom is 0.327 e. The van der Waals surface area contributed by atoms with Gasteiger partial charge in [-0.1, -0.05) is 42.5 Å². The second kappa shape index (κ2) is 21.1. The summed E-state index contributed by atoms with van der Waals surface area (Å²) in [6, 6.07) is 14.3. The molecule has 0 aromatic heterocycles. The van der Waals surface area contributed by atoms with Crippen LogP contribution in [0.2, 0.25) is 0 Å². The predicted octanol–water partition coefficient (Wildman–Crippen LogP) is 3.41. The van der Waals surface area contributed by atoms with Crippen LogP contribution < -0.4 is 29.6 Å². The van der Waals surface area contributed by atoms with Crippen LogP contribution >= 0.6 is 11.8 Å². The molecule has 0 bridgehead atoms. The van der Waals surface area contributed by atoms with Gasteiger partial charge in [0.25, 0.3) is 11.8 Å². The van der Waals surface area contributed by atoms with E-state index < -0.39 is 100 Å². The van der Waals surface area contributed by atoms with Gasteiger partial charge in [-0.05, 0) is 56.5 Å². The van der Waals surface area contributed by atoms with Gasteiger partial charge in [-0.3, -0.25) is 43.2 Å². The number of fused-ring (bicyclic) bond motifs is 1. The van der Waals surface area contributed by atoms with Crippen molar-refractivity contribution in [1.82, 2.24) is 20.4 Å². The lowest BCUT2D eigenvalue weighted by Gasteiger charge is -2.44. The van der Waals surface area contributed by atoms with Gasteiger partial charge in [0.15, 0.2) is 28.8 Å². The molecule has 2 aliphatic heterocycles. The van der Waals surface area contributed by atoms with E-state index >= 15 is 0 Å². The Morgan fingerprint density at radius 1 is 0.754 bits per heavy atom. The molecule has 5 rings (SSSR count). The van der Waals surface area contributed by atoms with Crippen molar-refractivity contribution in [3.8, 4) is 23.0 Å². The molecule has 65 heavy (non-hydrogen) atoms. The third-order valence-electron chi connectivity index (χ3n) is 10.1. The van der Waals surface area contributed by atoms with Crippen LogP contribution in [0.5, 0.6) is 23.0 Å². The number of para-hydroxylation sites is 2. The average molecular weight is 917 g/mol. The number of thioether (sulfide) groups is 1. The standard InChI is InChI=1S/C45H48N4O15S/c1-24(50)61-33-18-12-16-30(36(33)63-26(3)52)39(55)46-20-10-11-21-48(41(57)31-17-13-19-34(62-25(2)51)37(31)64-27(4)53)23-29(54)22-32(28-14-8-7-9-15-28)40(56)47-35-42(58)49-38(44(59)60)45(5,6)65-43(35)49/h7-9,12-19,32,35,38,43H,10-11,20-23H2,1-6H3,(H,46,55)(H,47,56)(H,59,60)/t32-,35-,38+,43?/m1/s1. The number of ketones is 1. The van der Waals surface area contributed by atoms with Crippen molar-refractivity contribution < 1.29 is 72.0 Å². The number of nitrogens with zero attached hydrogens (tertiary/aromatic N) is 2. The Morgan fingerprint density at radius 2 is 1.31 bits per heavy atom. The fourth-order valence-corrected chi connectivity index (χ4v) is 9.07. The minimum atomic E-state index is -1.17. The molecule has 344 valence electrons. The van der Waals surface area contributed by atoms with E-state index in [0.29, 0.717) is 5.56 Å². The van der Waals surface area contributed by atoms with Crippen LogP contribution in [0.4, 0.5) is 0 Å². The van der Waals surface area contributed by atoms with Gasteiger partial charge in [0.2, 0.25) is 11.8 Å². The Kier molecular flexibility index (Phi) is 15.9. The number of rotatable bonds is 19. The van der Waals surface area contributed by atoms with Crippen LogP contribution in [-0.4, -0.2) is 116 Å². The lowest BCUT2D eigenvalue weighted by molar-refractivity contribution is -0.161. The summed E-state index contributed by atoms with van der Waals surface area (Å²) in [5.74, 6) is -9.73. The van der Waals surface area contributed by atoms with Gasteiger partial charge >= 0.3 is 29.8 Å².